The predicted molar refractivity (Wildman–Crippen MR) is 87.2 cm³/mol. The molecule has 0 radical (unpaired) electrons. The Hall–Kier alpha value is -2.63. The third kappa shape index (κ3) is 4.18. The highest BCUT2D eigenvalue weighted by Crippen LogP contribution is 2.31. The largest absolute Gasteiger partial charge is 0.493 e. The molecule has 0 bridgehead atoms. The van der Waals surface area contributed by atoms with Crippen molar-refractivity contribution in [2.75, 3.05) is 18.5 Å². The number of hydrogen-bond acceptors (Lipinski definition) is 5. The van der Waals surface area contributed by atoms with E-state index in [0.29, 0.717) is 25.5 Å². The van der Waals surface area contributed by atoms with Gasteiger partial charge in [0.2, 0.25) is 11.9 Å². The van der Waals surface area contributed by atoms with Gasteiger partial charge in [-0.05, 0) is 18.6 Å². The van der Waals surface area contributed by atoms with Crippen molar-refractivity contribution in [3.63, 3.8) is 0 Å². The molecule has 0 aliphatic carbocycles. The van der Waals surface area contributed by atoms with Crippen LogP contribution in [-0.2, 0) is 4.79 Å². The molecule has 1 aliphatic heterocycles. The molecule has 6 heteroatoms. The minimum Gasteiger partial charge on any atom is -0.493 e. The van der Waals surface area contributed by atoms with Gasteiger partial charge in [0, 0.05) is 37.3 Å². The second-order valence-corrected chi connectivity index (χ2v) is 5.40. The Morgan fingerprint density at radius 3 is 2.91 bits per heavy atom. The number of hydrogen-bond donors (Lipinski definition) is 2. The Bertz CT molecular complexity index is 648. The molecule has 2 N–H and O–H groups in total. The molecule has 0 fully saturated rings. The maximum Gasteiger partial charge on any atom is 0.222 e. The summed E-state index contributed by atoms with van der Waals surface area (Å²) in [5.41, 5.74) is 1.06. The lowest BCUT2D eigenvalue weighted by molar-refractivity contribution is -0.122. The Labute approximate surface area is 135 Å². The lowest BCUT2D eigenvalue weighted by Crippen LogP contribution is -2.32. The molecule has 1 aromatic carbocycles. The number of nitrogens with one attached hydrogen (secondary N) is 2. The van der Waals surface area contributed by atoms with Crippen molar-refractivity contribution in [2.45, 2.75) is 25.3 Å². The SMILES string of the molecule is O=C(CCCNc1ncccn1)NC1CCOc2ccccc21. The summed E-state index contributed by atoms with van der Waals surface area (Å²) in [7, 11) is 0. The number of aromatic nitrogens is 2. The first-order valence-electron chi connectivity index (χ1n) is 7.85. The molecule has 6 nitrogen and oxygen atoms in total. The summed E-state index contributed by atoms with van der Waals surface area (Å²) in [4.78, 5) is 20.3. The number of anilines is 1. The summed E-state index contributed by atoms with van der Waals surface area (Å²) < 4.78 is 5.61. The molecule has 120 valence electrons. The van der Waals surface area contributed by atoms with Gasteiger partial charge in [-0.3, -0.25) is 4.79 Å². The number of benzene rings is 1. The van der Waals surface area contributed by atoms with Crippen LogP contribution in [0.25, 0.3) is 0 Å². The van der Waals surface area contributed by atoms with Gasteiger partial charge in [-0.1, -0.05) is 18.2 Å². The third-order valence-corrected chi connectivity index (χ3v) is 3.72. The second-order valence-electron chi connectivity index (χ2n) is 5.40. The maximum atomic E-state index is 12.1. The highest BCUT2D eigenvalue weighted by molar-refractivity contribution is 5.76. The summed E-state index contributed by atoms with van der Waals surface area (Å²) in [6, 6.07) is 9.67. The summed E-state index contributed by atoms with van der Waals surface area (Å²) in [6.07, 6.45) is 5.38. The number of ether oxygens (including phenoxy) is 1. The maximum absolute atomic E-state index is 12.1. The monoisotopic (exact) mass is 312 g/mol. The van der Waals surface area contributed by atoms with Gasteiger partial charge >= 0.3 is 0 Å². The first kappa shape index (κ1) is 15.3. The Morgan fingerprint density at radius 1 is 1.22 bits per heavy atom. The Kier molecular flexibility index (Phi) is 5.03. The molecule has 1 aromatic heterocycles. The lowest BCUT2D eigenvalue weighted by atomic mass is 10.0. The number of amides is 1. The summed E-state index contributed by atoms with van der Waals surface area (Å²) in [5.74, 6) is 1.51. The summed E-state index contributed by atoms with van der Waals surface area (Å²) >= 11 is 0. The van der Waals surface area contributed by atoms with Gasteiger partial charge < -0.3 is 15.4 Å². The number of fused-ring (bicyclic) bond motifs is 1. The third-order valence-electron chi connectivity index (χ3n) is 3.72. The number of para-hydroxylation sites is 1. The highest BCUT2D eigenvalue weighted by atomic mass is 16.5. The van der Waals surface area contributed by atoms with E-state index in [0.717, 1.165) is 24.2 Å². The molecular formula is C17H20N4O2. The van der Waals surface area contributed by atoms with Crippen LogP contribution in [-0.4, -0.2) is 29.0 Å². The van der Waals surface area contributed by atoms with Crippen molar-refractivity contribution in [1.29, 1.82) is 0 Å². The molecule has 1 atom stereocenters. The molecule has 1 unspecified atom stereocenters. The van der Waals surface area contributed by atoms with Crippen molar-refractivity contribution < 1.29 is 9.53 Å². The molecule has 0 saturated heterocycles. The molecule has 0 spiro atoms. The van der Waals surface area contributed by atoms with Gasteiger partial charge in [0.25, 0.3) is 0 Å². The van der Waals surface area contributed by atoms with Crippen molar-refractivity contribution in [2.24, 2.45) is 0 Å². The van der Waals surface area contributed by atoms with Crippen LogP contribution in [0.15, 0.2) is 42.7 Å². The van der Waals surface area contributed by atoms with Crippen molar-refractivity contribution in [3.8, 4) is 5.75 Å². The van der Waals surface area contributed by atoms with Gasteiger partial charge in [-0.15, -0.1) is 0 Å². The molecule has 23 heavy (non-hydrogen) atoms. The van der Waals surface area contributed by atoms with Crippen molar-refractivity contribution >= 4 is 11.9 Å². The zero-order valence-electron chi connectivity index (χ0n) is 12.9. The van der Waals surface area contributed by atoms with E-state index < -0.39 is 0 Å². The minimum absolute atomic E-state index is 0.0397. The fourth-order valence-corrected chi connectivity index (χ4v) is 2.60. The van der Waals surface area contributed by atoms with Crippen LogP contribution in [0.5, 0.6) is 5.75 Å². The number of carbonyl (C=O) groups is 1. The van der Waals surface area contributed by atoms with Crippen LogP contribution in [0.2, 0.25) is 0 Å². The van der Waals surface area contributed by atoms with Crippen LogP contribution < -0.4 is 15.4 Å². The summed E-state index contributed by atoms with van der Waals surface area (Å²) in [5, 5.41) is 6.19. The van der Waals surface area contributed by atoms with E-state index in [1.165, 1.54) is 0 Å². The second kappa shape index (κ2) is 7.58. The smallest absolute Gasteiger partial charge is 0.222 e. The van der Waals surface area contributed by atoms with Gasteiger partial charge in [0.15, 0.2) is 0 Å². The van der Waals surface area contributed by atoms with Crippen molar-refractivity contribution in [3.05, 3.63) is 48.3 Å². The minimum atomic E-state index is 0.0397. The first-order valence-corrected chi connectivity index (χ1v) is 7.85. The molecule has 1 amide bonds. The standard InChI is InChI=1S/C17H20N4O2/c22-16(7-3-9-18-17-19-10-4-11-20-17)21-14-8-12-23-15-6-2-1-5-13(14)15/h1-2,4-6,10-11,14H,3,7-9,12H2,(H,21,22)(H,18,19,20). The van der Waals surface area contributed by atoms with E-state index in [-0.39, 0.29) is 11.9 Å². The topological polar surface area (TPSA) is 76.1 Å². The van der Waals surface area contributed by atoms with Gasteiger partial charge in [0.05, 0.1) is 12.6 Å². The van der Waals surface area contributed by atoms with Crippen LogP contribution >= 0.6 is 0 Å². The summed E-state index contributed by atoms with van der Waals surface area (Å²) in [6.45, 7) is 1.30. The van der Waals surface area contributed by atoms with E-state index >= 15 is 0 Å². The van der Waals surface area contributed by atoms with E-state index in [4.69, 9.17) is 4.74 Å². The van der Waals surface area contributed by atoms with E-state index in [1.807, 2.05) is 24.3 Å². The van der Waals surface area contributed by atoms with Crippen LogP contribution in [0.4, 0.5) is 5.95 Å². The molecular weight excluding hydrogens is 292 g/mol. The Morgan fingerprint density at radius 2 is 2.04 bits per heavy atom. The predicted octanol–water partition coefficient (Wildman–Crippen LogP) is 2.31. The van der Waals surface area contributed by atoms with Crippen molar-refractivity contribution in [1.82, 2.24) is 15.3 Å². The molecule has 0 saturated carbocycles. The number of rotatable bonds is 6. The Balaban J connectivity index is 1.43. The number of nitrogens with zero attached hydrogens (tertiary/aromatic N) is 2. The molecule has 2 heterocycles. The zero-order chi connectivity index (χ0) is 15.9. The molecule has 2 aromatic rings. The quantitative estimate of drug-likeness (QED) is 0.801. The lowest BCUT2D eigenvalue weighted by Gasteiger charge is -2.26. The average Bonchev–Trinajstić information content (AvgIpc) is 2.60. The fourth-order valence-electron chi connectivity index (χ4n) is 2.60. The number of carbonyl (C=O) groups excluding carboxylic acids is 1. The molecule has 1 aliphatic rings. The van der Waals surface area contributed by atoms with Gasteiger partial charge in [-0.2, -0.15) is 0 Å². The highest BCUT2D eigenvalue weighted by Gasteiger charge is 2.22. The van der Waals surface area contributed by atoms with E-state index in [9.17, 15) is 4.79 Å². The first-order chi connectivity index (χ1) is 11.3. The van der Waals surface area contributed by atoms with Crippen LogP contribution in [0.3, 0.4) is 0 Å². The molecule has 3 rings (SSSR count). The normalized spacial score (nSPS) is 16.1. The van der Waals surface area contributed by atoms with Gasteiger partial charge in [0.1, 0.15) is 5.75 Å². The zero-order valence-corrected chi connectivity index (χ0v) is 12.9. The van der Waals surface area contributed by atoms with Gasteiger partial charge in [-0.25, -0.2) is 9.97 Å². The van der Waals surface area contributed by atoms with E-state index in [2.05, 4.69) is 20.6 Å². The van der Waals surface area contributed by atoms with Crippen LogP contribution in [0, 0.1) is 0 Å². The van der Waals surface area contributed by atoms with E-state index in [1.54, 1.807) is 18.5 Å². The fraction of sp³-hybridized carbons (Fsp3) is 0.353. The average molecular weight is 312 g/mol. The van der Waals surface area contributed by atoms with Crippen LogP contribution in [0.1, 0.15) is 30.9 Å².